The van der Waals surface area contributed by atoms with Gasteiger partial charge in [0.25, 0.3) is 0 Å². The Morgan fingerprint density at radius 2 is 2.36 bits per heavy atom. The maximum atomic E-state index is 8.42. The molecule has 1 aliphatic carbocycles. The SMILES string of the molecule is CCC1CCC(C(N)=NO)C1. The van der Waals surface area contributed by atoms with Crippen LogP contribution in [0.3, 0.4) is 0 Å². The molecule has 0 aromatic rings. The van der Waals surface area contributed by atoms with Crippen molar-refractivity contribution in [3.05, 3.63) is 0 Å². The number of nitrogens with two attached hydrogens (primary N) is 1. The predicted octanol–water partition coefficient (Wildman–Crippen LogP) is 1.56. The molecule has 0 spiro atoms. The third kappa shape index (κ3) is 1.85. The Bertz CT molecular complexity index is 156. The summed E-state index contributed by atoms with van der Waals surface area (Å²) in [6.45, 7) is 2.19. The van der Waals surface area contributed by atoms with E-state index in [0.29, 0.717) is 11.8 Å². The van der Waals surface area contributed by atoms with Gasteiger partial charge < -0.3 is 10.9 Å². The highest BCUT2D eigenvalue weighted by Crippen LogP contribution is 2.32. The first kappa shape index (κ1) is 8.37. The second-order valence-electron chi connectivity index (χ2n) is 3.31. The van der Waals surface area contributed by atoms with Crippen molar-refractivity contribution in [3.63, 3.8) is 0 Å². The highest BCUT2D eigenvalue weighted by Gasteiger charge is 2.25. The lowest BCUT2D eigenvalue weighted by molar-refractivity contribution is 0.313. The summed E-state index contributed by atoms with van der Waals surface area (Å²) < 4.78 is 0. The topological polar surface area (TPSA) is 58.6 Å². The largest absolute Gasteiger partial charge is 0.409 e. The van der Waals surface area contributed by atoms with Crippen LogP contribution in [0.15, 0.2) is 5.16 Å². The van der Waals surface area contributed by atoms with E-state index in [1.54, 1.807) is 0 Å². The Balaban J connectivity index is 2.41. The molecule has 3 nitrogen and oxygen atoms in total. The molecule has 0 radical (unpaired) electrons. The number of rotatable bonds is 2. The van der Waals surface area contributed by atoms with Crippen LogP contribution in [0.5, 0.6) is 0 Å². The standard InChI is InChI=1S/C8H16N2O/c1-2-6-3-4-7(5-6)8(9)10-11/h6-7,11H,2-5H2,1H3,(H2,9,10). The van der Waals surface area contributed by atoms with Gasteiger partial charge in [-0.15, -0.1) is 0 Å². The third-order valence-electron chi connectivity index (χ3n) is 2.65. The Morgan fingerprint density at radius 3 is 2.82 bits per heavy atom. The fourth-order valence-corrected chi connectivity index (χ4v) is 1.80. The van der Waals surface area contributed by atoms with Crippen molar-refractivity contribution in [2.45, 2.75) is 32.6 Å². The van der Waals surface area contributed by atoms with E-state index in [1.807, 2.05) is 0 Å². The Kier molecular flexibility index (Phi) is 2.74. The van der Waals surface area contributed by atoms with Crippen molar-refractivity contribution in [2.75, 3.05) is 0 Å². The molecule has 0 saturated heterocycles. The van der Waals surface area contributed by atoms with Crippen molar-refractivity contribution >= 4 is 5.84 Å². The van der Waals surface area contributed by atoms with E-state index < -0.39 is 0 Å². The summed E-state index contributed by atoms with van der Waals surface area (Å²) in [7, 11) is 0. The van der Waals surface area contributed by atoms with Gasteiger partial charge in [0.1, 0.15) is 5.84 Å². The maximum absolute atomic E-state index is 8.42. The molecule has 2 atom stereocenters. The van der Waals surface area contributed by atoms with Crippen LogP contribution in [0, 0.1) is 11.8 Å². The Labute approximate surface area is 67.3 Å². The first-order chi connectivity index (χ1) is 5.27. The summed E-state index contributed by atoms with van der Waals surface area (Å²) in [4.78, 5) is 0. The molecule has 11 heavy (non-hydrogen) atoms. The van der Waals surface area contributed by atoms with Gasteiger partial charge in [-0.1, -0.05) is 18.5 Å². The highest BCUT2D eigenvalue weighted by molar-refractivity contribution is 5.82. The van der Waals surface area contributed by atoms with Gasteiger partial charge in [0.15, 0.2) is 0 Å². The number of hydrogen-bond donors (Lipinski definition) is 2. The van der Waals surface area contributed by atoms with Crippen LogP contribution in [0.1, 0.15) is 32.6 Å². The Hall–Kier alpha value is -0.730. The molecular weight excluding hydrogens is 140 g/mol. The van der Waals surface area contributed by atoms with Crippen molar-refractivity contribution in [2.24, 2.45) is 22.7 Å². The summed E-state index contributed by atoms with van der Waals surface area (Å²) in [5.41, 5.74) is 5.50. The molecule has 0 amide bonds. The van der Waals surface area contributed by atoms with Gasteiger partial charge in [-0.2, -0.15) is 0 Å². The van der Waals surface area contributed by atoms with Crippen LogP contribution >= 0.6 is 0 Å². The molecule has 0 aliphatic heterocycles. The fraction of sp³-hybridized carbons (Fsp3) is 0.875. The molecular formula is C8H16N2O. The van der Waals surface area contributed by atoms with Gasteiger partial charge in [0, 0.05) is 5.92 Å². The second-order valence-corrected chi connectivity index (χ2v) is 3.31. The Morgan fingerprint density at radius 1 is 1.64 bits per heavy atom. The smallest absolute Gasteiger partial charge is 0.142 e. The average molecular weight is 156 g/mol. The van der Waals surface area contributed by atoms with Crippen molar-refractivity contribution in [1.29, 1.82) is 0 Å². The summed E-state index contributed by atoms with van der Waals surface area (Å²) >= 11 is 0. The predicted molar refractivity (Wildman–Crippen MR) is 44.5 cm³/mol. The van der Waals surface area contributed by atoms with E-state index >= 15 is 0 Å². The van der Waals surface area contributed by atoms with Crippen LogP contribution in [0.4, 0.5) is 0 Å². The van der Waals surface area contributed by atoms with Gasteiger partial charge in [0.2, 0.25) is 0 Å². The summed E-state index contributed by atoms with van der Waals surface area (Å²) in [5.74, 6) is 1.55. The zero-order chi connectivity index (χ0) is 8.27. The number of amidine groups is 1. The molecule has 0 heterocycles. The maximum Gasteiger partial charge on any atom is 0.142 e. The van der Waals surface area contributed by atoms with E-state index in [1.165, 1.54) is 12.8 Å². The lowest BCUT2D eigenvalue weighted by Crippen LogP contribution is -2.21. The number of oxime groups is 1. The van der Waals surface area contributed by atoms with Crippen LogP contribution < -0.4 is 5.73 Å². The monoisotopic (exact) mass is 156 g/mol. The average Bonchev–Trinajstić information content (AvgIpc) is 2.50. The summed E-state index contributed by atoms with van der Waals surface area (Å²) in [6, 6.07) is 0. The normalized spacial score (nSPS) is 32.6. The van der Waals surface area contributed by atoms with Crippen LogP contribution in [0.25, 0.3) is 0 Å². The van der Waals surface area contributed by atoms with Crippen molar-refractivity contribution in [3.8, 4) is 0 Å². The molecule has 1 saturated carbocycles. The van der Waals surface area contributed by atoms with E-state index in [2.05, 4.69) is 12.1 Å². The second kappa shape index (κ2) is 3.60. The van der Waals surface area contributed by atoms with Crippen LogP contribution in [-0.2, 0) is 0 Å². The molecule has 64 valence electrons. The molecule has 3 heteroatoms. The molecule has 1 rings (SSSR count). The minimum Gasteiger partial charge on any atom is -0.409 e. The summed E-state index contributed by atoms with van der Waals surface area (Å²) in [5, 5.41) is 11.5. The van der Waals surface area contributed by atoms with E-state index in [-0.39, 0.29) is 0 Å². The first-order valence-corrected chi connectivity index (χ1v) is 4.25. The third-order valence-corrected chi connectivity index (χ3v) is 2.65. The van der Waals surface area contributed by atoms with Crippen molar-refractivity contribution < 1.29 is 5.21 Å². The number of hydrogen-bond acceptors (Lipinski definition) is 2. The lowest BCUT2D eigenvalue weighted by atomic mass is 10.0. The molecule has 1 fully saturated rings. The molecule has 0 bridgehead atoms. The van der Waals surface area contributed by atoms with Gasteiger partial charge in [-0.05, 0) is 25.2 Å². The van der Waals surface area contributed by atoms with Gasteiger partial charge in [-0.25, -0.2) is 0 Å². The van der Waals surface area contributed by atoms with Crippen LogP contribution in [-0.4, -0.2) is 11.0 Å². The van der Waals surface area contributed by atoms with Crippen LogP contribution in [0.2, 0.25) is 0 Å². The molecule has 3 N–H and O–H groups in total. The minimum absolute atomic E-state index is 0.338. The molecule has 1 aliphatic rings. The van der Waals surface area contributed by atoms with E-state index in [9.17, 15) is 0 Å². The molecule has 0 aromatic carbocycles. The van der Waals surface area contributed by atoms with Gasteiger partial charge >= 0.3 is 0 Å². The lowest BCUT2D eigenvalue weighted by Gasteiger charge is -2.06. The fourth-order valence-electron chi connectivity index (χ4n) is 1.80. The van der Waals surface area contributed by atoms with Crippen molar-refractivity contribution in [1.82, 2.24) is 0 Å². The highest BCUT2D eigenvalue weighted by atomic mass is 16.4. The van der Waals surface area contributed by atoms with E-state index in [4.69, 9.17) is 10.9 Å². The van der Waals surface area contributed by atoms with Gasteiger partial charge in [-0.3, -0.25) is 0 Å². The molecule has 0 aromatic heterocycles. The first-order valence-electron chi connectivity index (χ1n) is 4.25. The zero-order valence-electron chi connectivity index (χ0n) is 6.95. The zero-order valence-corrected chi connectivity index (χ0v) is 6.95. The summed E-state index contributed by atoms with van der Waals surface area (Å²) in [6.07, 6.45) is 4.65. The quantitative estimate of drug-likeness (QED) is 0.276. The minimum atomic E-state index is 0.338. The number of nitrogens with zero attached hydrogens (tertiary/aromatic N) is 1. The van der Waals surface area contributed by atoms with E-state index in [0.717, 1.165) is 18.8 Å². The molecule has 2 unspecified atom stereocenters. The van der Waals surface area contributed by atoms with Gasteiger partial charge in [0.05, 0.1) is 0 Å².